The van der Waals surface area contributed by atoms with Crippen molar-refractivity contribution >= 4 is 11.6 Å². The Labute approximate surface area is 88.8 Å². The minimum absolute atomic E-state index is 0.0285. The number of alkyl halides is 3. The number of ether oxygens (including phenoxy) is 1. The predicted octanol–water partition coefficient (Wildman–Crippen LogP) is 3.42. The van der Waals surface area contributed by atoms with E-state index in [9.17, 15) is 13.2 Å². The summed E-state index contributed by atoms with van der Waals surface area (Å²) in [7, 11) is 0. The lowest BCUT2D eigenvalue weighted by molar-refractivity contribution is -0.274. The smallest absolute Gasteiger partial charge is 0.405 e. The molecule has 0 atom stereocenters. The van der Waals surface area contributed by atoms with Crippen molar-refractivity contribution in [2.24, 2.45) is 0 Å². The summed E-state index contributed by atoms with van der Waals surface area (Å²) >= 11 is 5.66. The summed E-state index contributed by atoms with van der Waals surface area (Å²) in [6.07, 6.45) is -4.76. The van der Waals surface area contributed by atoms with Crippen molar-refractivity contribution in [2.75, 3.05) is 0 Å². The zero-order chi connectivity index (χ0) is 11.6. The maximum absolute atomic E-state index is 11.9. The molecule has 0 aliphatic heterocycles. The summed E-state index contributed by atoms with van der Waals surface area (Å²) < 4.78 is 39.4. The van der Waals surface area contributed by atoms with E-state index in [1.54, 1.807) is 6.07 Å². The molecule has 0 aromatic heterocycles. The lowest BCUT2D eigenvalue weighted by Gasteiger charge is -2.12. The minimum Gasteiger partial charge on any atom is -0.405 e. The van der Waals surface area contributed by atoms with Gasteiger partial charge in [-0.2, -0.15) is 5.26 Å². The van der Waals surface area contributed by atoms with Crippen molar-refractivity contribution in [1.29, 1.82) is 5.26 Å². The predicted molar refractivity (Wildman–Crippen MR) is 47.6 cm³/mol. The molecule has 0 radical (unpaired) electrons. The first-order valence-electron chi connectivity index (χ1n) is 3.80. The third-order valence-electron chi connectivity index (χ3n) is 1.68. The van der Waals surface area contributed by atoms with Gasteiger partial charge < -0.3 is 4.74 Å². The molecule has 2 nitrogen and oxygen atoms in total. The fraction of sp³-hybridized carbons (Fsp3) is 0.222. The van der Waals surface area contributed by atoms with E-state index >= 15 is 0 Å². The lowest BCUT2D eigenvalue weighted by atomic mass is 10.1. The maximum atomic E-state index is 11.9. The van der Waals surface area contributed by atoms with E-state index in [1.807, 2.05) is 0 Å². The van der Waals surface area contributed by atoms with Gasteiger partial charge in [0.15, 0.2) is 0 Å². The van der Waals surface area contributed by atoms with Gasteiger partial charge in [-0.15, -0.1) is 13.2 Å². The van der Waals surface area contributed by atoms with Crippen LogP contribution < -0.4 is 4.74 Å². The number of benzene rings is 1. The Bertz CT molecular complexity index is 423. The molecule has 0 saturated heterocycles. The van der Waals surface area contributed by atoms with Gasteiger partial charge in [0.2, 0.25) is 0 Å². The fourth-order valence-corrected chi connectivity index (χ4v) is 1.19. The zero-order valence-electron chi connectivity index (χ0n) is 7.52. The Morgan fingerprint density at radius 2 is 2.00 bits per heavy atom. The zero-order valence-corrected chi connectivity index (χ0v) is 8.28. The highest BCUT2D eigenvalue weighted by atomic mass is 35.5. The third kappa shape index (κ3) is 2.77. The number of hydrogen-bond donors (Lipinski definition) is 0. The number of nitrogens with zero attached hydrogens (tertiary/aromatic N) is 1. The van der Waals surface area contributed by atoms with Crippen LogP contribution in [0.2, 0.25) is 5.02 Å². The van der Waals surface area contributed by atoms with Crippen molar-refractivity contribution in [3.8, 4) is 11.8 Å². The van der Waals surface area contributed by atoms with Crippen LogP contribution in [0.1, 0.15) is 11.1 Å². The largest absolute Gasteiger partial charge is 0.573 e. The molecule has 0 bridgehead atoms. The molecule has 0 saturated carbocycles. The van der Waals surface area contributed by atoms with Gasteiger partial charge in [0, 0.05) is 5.56 Å². The molecule has 0 unspecified atom stereocenters. The Morgan fingerprint density at radius 3 is 2.47 bits per heavy atom. The van der Waals surface area contributed by atoms with Gasteiger partial charge in [-0.3, -0.25) is 0 Å². The number of nitriles is 1. The van der Waals surface area contributed by atoms with Gasteiger partial charge in [0.25, 0.3) is 0 Å². The molecule has 0 spiro atoms. The van der Waals surface area contributed by atoms with Gasteiger partial charge in [-0.1, -0.05) is 11.6 Å². The van der Waals surface area contributed by atoms with Gasteiger partial charge >= 0.3 is 6.36 Å². The number of halogens is 4. The molecule has 1 aromatic rings. The van der Waals surface area contributed by atoms with Gasteiger partial charge in [0.1, 0.15) is 11.8 Å². The van der Waals surface area contributed by atoms with E-state index in [0.717, 1.165) is 6.07 Å². The number of hydrogen-bond acceptors (Lipinski definition) is 2. The molecule has 0 aliphatic rings. The molecule has 6 heteroatoms. The van der Waals surface area contributed by atoms with Crippen LogP contribution in [0.15, 0.2) is 12.1 Å². The molecule has 1 rings (SSSR count). The standard InChI is InChI=1S/C9H5ClF3NO/c1-5-7(15-9(11,12)13)3-2-6(4-14)8(5)10/h2-3H,1H3. The third-order valence-corrected chi connectivity index (χ3v) is 2.17. The van der Waals surface area contributed by atoms with Crippen molar-refractivity contribution < 1.29 is 17.9 Å². The minimum atomic E-state index is -4.76. The van der Waals surface area contributed by atoms with E-state index in [1.165, 1.54) is 13.0 Å². The molecule has 0 heterocycles. The summed E-state index contributed by atoms with van der Waals surface area (Å²) in [4.78, 5) is 0. The summed E-state index contributed by atoms with van der Waals surface area (Å²) in [5.41, 5.74) is 0.205. The Hall–Kier alpha value is -1.41. The van der Waals surface area contributed by atoms with E-state index in [0.29, 0.717) is 0 Å². The molecule has 0 aliphatic carbocycles. The topological polar surface area (TPSA) is 33.0 Å². The van der Waals surface area contributed by atoms with Crippen LogP contribution in [0.25, 0.3) is 0 Å². The Balaban J connectivity index is 3.14. The van der Waals surface area contributed by atoms with Crippen LogP contribution in [0, 0.1) is 18.3 Å². The van der Waals surface area contributed by atoms with Gasteiger partial charge in [-0.25, -0.2) is 0 Å². The molecular weight excluding hydrogens is 231 g/mol. The van der Waals surface area contributed by atoms with Crippen molar-refractivity contribution in [2.45, 2.75) is 13.3 Å². The lowest BCUT2D eigenvalue weighted by Crippen LogP contribution is -2.17. The highest BCUT2D eigenvalue weighted by molar-refractivity contribution is 6.32. The summed E-state index contributed by atoms with van der Waals surface area (Å²) in [5.74, 6) is -0.397. The molecule has 80 valence electrons. The normalized spacial score (nSPS) is 10.9. The first-order chi connectivity index (χ1) is 6.85. The quantitative estimate of drug-likeness (QED) is 0.747. The highest BCUT2D eigenvalue weighted by Crippen LogP contribution is 2.32. The van der Waals surface area contributed by atoms with Crippen LogP contribution in [0.4, 0.5) is 13.2 Å². The van der Waals surface area contributed by atoms with Crippen molar-refractivity contribution in [3.63, 3.8) is 0 Å². The van der Waals surface area contributed by atoms with Gasteiger partial charge in [0.05, 0.1) is 10.6 Å². The molecule has 15 heavy (non-hydrogen) atoms. The molecule has 0 amide bonds. The van der Waals surface area contributed by atoms with Crippen LogP contribution in [0.3, 0.4) is 0 Å². The summed E-state index contributed by atoms with van der Waals surface area (Å²) in [6, 6.07) is 4.00. The molecule has 0 N–H and O–H groups in total. The van der Waals surface area contributed by atoms with Crippen LogP contribution in [-0.4, -0.2) is 6.36 Å². The summed E-state index contributed by atoms with van der Waals surface area (Å²) in [6.45, 7) is 1.35. The van der Waals surface area contributed by atoms with Crippen LogP contribution in [-0.2, 0) is 0 Å². The monoisotopic (exact) mass is 235 g/mol. The number of rotatable bonds is 1. The maximum Gasteiger partial charge on any atom is 0.573 e. The van der Waals surface area contributed by atoms with Gasteiger partial charge in [-0.05, 0) is 19.1 Å². The molecular formula is C9H5ClF3NO. The average Bonchev–Trinajstić information content (AvgIpc) is 2.11. The van der Waals surface area contributed by atoms with Crippen molar-refractivity contribution in [1.82, 2.24) is 0 Å². The fourth-order valence-electron chi connectivity index (χ4n) is 0.989. The SMILES string of the molecule is Cc1c(OC(F)(F)F)ccc(C#N)c1Cl. The average molecular weight is 236 g/mol. The van der Waals surface area contributed by atoms with Crippen molar-refractivity contribution in [3.05, 3.63) is 28.3 Å². The molecule has 0 fully saturated rings. The Morgan fingerprint density at radius 1 is 1.40 bits per heavy atom. The first kappa shape index (κ1) is 11.7. The second kappa shape index (κ2) is 3.99. The van der Waals surface area contributed by atoms with Crippen LogP contribution in [0.5, 0.6) is 5.75 Å². The Kier molecular flexibility index (Phi) is 3.10. The summed E-state index contributed by atoms with van der Waals surface area (Å²) in [5, 5.41) is 8.54. The second-order valence-electron chi connectivity index (χ2n) is 2.71. The van der Waals surface area contributed by atoms with E-state index < -0.39 is 12.1 Å². The van der Waals surface area contributed by atoms with Crippen LogP contribution >= 0.6 is 11.6 Å². The van der Waals surface area contributed by atoms with E-state index in [2.05, 4.69) is 4.74 Å². The molecule has 1 aromatic carbocycles. The highest BCUT2D eigenvalue weighted by Gasteiger charge is 2.32. The first-order valence-corrected chi connectivity index (χ1v) is 4.18. The second-order valence-corrected chi connectivity index (χ2v) is 3.09. The van der Waals surface area contributed by atoms with E-state index in [4.69, 9.17) is 16.9 Å². The van der Waals surface area contributed by atoms with E-state index in [-0.39, 0.29) is 16.1 Å².